The monoisotopic (exact) mass is 801 g/mol. The molecule has 0 radical (unpaired) electrons. The lowest BCUT2D eigenvalue weighted by molar-refractivity contribution is -0.161. The number of hydrogen-bond donors (Lipinski definition) is 5. The summed E-state index contributed by atoms with van der Waals surface area (Å²) in [4.78, 5) is 54.5. The Morgan fingerprint density at radius 1 is 0.759 bits per heavy atom. The van der Waals surface area contributed by atoms with Gasteiger partial charge in [-0.3, -0.25) is 18.9 Å². The number of thioether (sulfide) groups is 1. The zero-order valence-electron chi connectivity index (χ0n) is 32.5. The van der Waals surface area contributed by atoms with E-state index in [4.69, 9.17) is 30.1 Å². The summed E-state index contributed by atoms with van der Waals surface area (Å²) in [6.45, 7) is 3.14. The van der Waals surface area contributed by atoms with E-state index in [-0.39, 0.29) is 31.4 Å². The topological polar surface area (TPSA) is 203 Å². The van der Waals surface area contributed by atoms with Crippen molar-refractivity contribution in [2.75, 3.05) is 19.0 Å². The molecule has 0 aromatic rings. The molecule has 12 nitrogen and oxygen atoms in total. The van der Waals surface area contributed by atoms with Gasteiger partial charge in [-0.05, 0) is 57.8 Å². The average Bonchev–Trinajstić information content (AvgIpc) is 3.12. The number of carbonyl (C=O) groups excluding carboxylic acids is 2. The number of aliphatic hydroxyl groups is 1. The molecule has 0 rings (SSSR count). The highest BCUT2D eigenvalue weighted by Crippen LogP contribution is 2.36. The molecule has 0 saturated heterocycles. The van der Waals surface area contributed by atoms with Crippen molar-refractivity contribution in [3.63, 3.8) is 0 Å². The summed E-state index contributed by atoms with van der Waals surface area (Å²) in [6, 6.07) is -1.14. The summed E-state index contributed by atoms with van der Waals surface area (Å²) in [5, 5.41) is 19.3. The van der Waals surface area contributed by atoms with Gasteiger partial charge in [-0.25, -0.2) is 4.57 Å². The fourth-order valence-electron chi connectivity index (χ4n) is 4.91. The number of ether oxygens (including phenoxy) is 2. The second kappa shape index (κ2) is 34.9. The first-order valence-electron chi connectivity index (χ1n) is 19.5. The predicted octanol–water partition coefficient (Wildman–Crippen LogP) is 8.27. The lowest BCUT2D eigenvalue weighted by Gasteiger charge is -2.22. The van der Waals surface area contributed by atoms with Crippen molar-refractivity contribution in [1.82, 2.24) is 0 Å². The smallest absolute Gasteiger partial charge is 0.469 e. The van der Waals surface area contributed by atoms with Crippen molar-refractivity contribution in [3.05, 3.63) is 60.8 Å². The Hall–Kier alpha value is -2.51. The van der Waals surface area contributed by atoms with Crippen molar-refractivity contribution >= 4 is 37.5 Å². The molecule has 0 amide bonds. The van der Waals surface area contributed by atoms with Gasteiger partial charge in [-0.2, -0.15) is 0 Å². The van der Waals surface area contributed by atoms with Crippen molar-refractivity contribution in [2.45, 2.75) is 153 Å². The van der Waals surface area contributed by atoms with E-state index in [0.29, 0.717) is 6.42 Å². The van der Waals surface area contributed by atoms with Crippen LogP contribution in [0.15, 0.2) is 60.8 Å². The van der Waals surface area contributed by atoms with Gasteiger partial charge in [0.25, 0.3) is 0 Å². The van der Waals surface area contributed by atoms with Crippen molar-refractivity contribution in [2.24, 2.45) is 5.73 Å². The van der Waals surface area contributed by atoms with E-state index in [9.17, 15) is 24.1 Å². The fourth-order valence-corrected chi connectivity index (χ4v) is 6.40. The number of allylic oxidation sites excluding steroid dienone is 9. The number of phosphoric ester groups is 1. The number of esters is 2. The number of rotatable bonds is 35. The molecule has 0 spiro atoms. The van der Waals surface area contributed by atoms with Gasteiger partial charge in [0.05, 0.1) is 12.7 Å². The SMILES string of the molecule is CCCC/C=C\CCCCCCCC(=O)O[C@H](COC(=O)[C@@H](N)CS[C@H](/C=C/C=C/C=C\C/C=C\CCCCC)[C@@H](O)CCCC(=O)O)COP(=O)(O)O. The lowest BCUT2D eigenvalue weighted by Crippen LogP contribution is -2.38. The third kappa shape index (κ3) is 34.0. The molecular weight excluding hydrogens is 733 g/mol. The Morgan fingerprint density at radius 2 is 1.39 bits per heavy atom. The quantitative estimate of drug-likeness (QED) is 0.0135. The highest BCUT2D eigenvalue weighted by atomic mass is 32.2. The number of carboxylic acid groups (broad SMARTS) is 1. The molecule has 0 fully saturated rings. The second-order valence-corrected chi connectivity index (χ2v) is 15.6. The molecule has 0 aromatic carbocycles. The molecule has 0 bridgehead atoms. The molecule has 0 saturated carbocycles. The number of aliphatic carboxylic acids is 1. The van der Waals surface area contributed by atoms with Gasteiger partial charge >= 0.3 is 25.7 Å². The molecule has 0 aromatic heterocycles. The van der Waals surface area contributed by atoms with Crippen molar-refractivity contribution in [1.29, 1.82) is 0 Å². The first kappa shape index (κ1) is 51.5. The summed E-state index contributed by atoms with van der Waals surface area (Å²) in [7, 11) is -4.89. The first-order valence-corrected chi connectivity index (χ1v) is 22.1. The summed E-state index contributed by atoms with van der Waals surface area (Å²) >= 11 is 1.20. The zero-order chi connectivity index (χ0) is 40.3. The molecule has 310 valence electrons. The molecule has 6 N–H and O–H groups in total. The molecule has 0 aliphatic carbocycles. The van der Waals surface area contributed by atoms with Crippen LogP contribution in [0.1, 0.15) is 129 Å². The summed E-state index contributed by atoms with van der Waals surface area (Å²) < 4.78 is 26.4. The number of aliphatic hydroxyl groups excluding tert-OH is 1. The highest BCUT2D eigenvalue weighted by Gasteiger charge is 2.26. The third-order valence-electron chi connectivity index (χ3n) is 8.01. The maximum atomic E-state index is 12.8. The molecule has 0 aliphatic heterocycles. The van der Waals surface area contributed by atoms with Gasteiger partial charge in [-0.15, -0.1) is 11.8 Å². The van der Waals surface area contributed by atoms with Crippen LogP contribution in [-0.4, -0.2) is 80.4 Å². The second-order valence-electron chi connectivity index (χ2n) is 13.1. The Balaban J connectivity index is 4.99. The van der Waals surface area contributed by atoms with Gasteiger partial charge in [-0.1, -0.05) is 120 Å². The van der Waals surface area contributed by atoms with Crippen LogP contribution in [0.25, 0.3) is 0 Å². The number of unbranched alkanes of at least 4 members (excludes halogenated alkanes) is 10. The van der Waals surface area contributed by atoms with Gasteiger partial charge in [0, 0.05) is 23.8 Å². The molecule has 14 heteroatoms. The number of phosphoric acid groups is 1. The lowest BCUT2D eigenvalue weighted by atomic mass is 10.1. The minimum Gasteiger partial charge on any atom is -0.481 e. The van der Waals surface area contributed by atoms with Crippen LogP contribution in [0.5, 0.6) is 0 Å². The van der Waals surface area contributed by atoms with E-state index < -0.39 is 62.4 Å². The fraction of sp³-hybridized carbons (Fsp3) is 0.675. The Morgan fingerprint density at radius 3 is 2.07 bits per heavy atom. The molecule has 0 unspecified atom stereocenters. The van der Waals surface area contributed by atoms with E-state index in [1.54, 1.807) is 12.2 Å². The van der Waals surface area contributed by atoms with Crippen LogP contribution in [0, 0.1) is 0 Å². The standard InChI is InChI=1S/C40H68NO11PS/c1-3-5-7-9-11-13-15-17-18-20-22-24-28-37(36(42)27-26-29-38(43)44)54-33-35(41)40(46)50-31-34(32-51-53(47,48)49)52-39(45)30-25-23-21-19-16-14-12-10-8-6-4-2/h10-13,17-18,20,22,24,28,34-37,42H,3-9,14-16,19,21,23,25-27,29-33,41H2,1-2H3,(H,43,44)(H2,47,48,49)/b12-10-,13-11-,18-17-,22-20+,28-24+/t34-,35+,36+,37-/m1/s1. The van der Waals surface area contributed by atoms with Crippen molar-refractivity contribution < 1.29 is 52.9 Å². The summed E-state index contributed by atoms with van der Waals surface area (Å²) in [5.41, 5.74) is 6.08. The Bertz CT molecular complexity index is 1180. The van der Waals surface area contributed by atoms with Crippen LogP contribution in [0.3, 0.4) is 0 Å². The van der Waals surface area contributed by atoms with Gasteiger partial charge < -0.3 is 35.2 Å². The van der Waals surface area contributed by atoms with Crippen LogP contribution in [-0.2, 0) is 32.9 Å². The van der Waals surface area contributed by atoms with Crippen LogP contribution >= 0.6 is 19.6 Å². The van der Waals surface area contributed by atoms with E-state index >= 15 is 0 Å². The maximum absolute atomic E-state index is 12.8. The number of nitrogens with two attached hydrogens (primary N) is 1. The van der Waals surface area contributed by atoms with Gasteiger partial charge in [0.15, 0.2) is 6.10 Å². The molecular formula is C40H68NO11PS. The van der Waals surface area contributed by atoms with Crippen LogP contribution in [0.4, 0.5) is 0 Å². The van der Waals surface area contributed by atoms with Crippen LogP contribution < -0.4 is 5.73 Å². The minimum atomic E-state index is -4.89. The average molecular weight is 802 g/mol. The van der Waals surface area contributed by atoms with Gasteiger partial charge in [0.1, 0.15) is 12.6 Å². The Labute approximate surface area is 328 Å². The summed E-state index contributed by atoms with van der Waals surface area (Å²) in [5.74, 6) is -2.36. The zero-order valence-corrected chi connectivity index (χ0v) is 34.2. The largest absolute Gasteiger partial charge is 0.481 e. The molecule has 4 atom stereocenters. The molecule has 0 aliphatic rings. The predicted molar refractivity (Wildman–Crippen MR) is 217 cm³/mol. The summed E-state index contributed by atoms with van der Waals surface area (Å²) in [6.07, 6.45) is 32.8. The van der Waals surface area contributed by atoms with E-state index in [0.717, 1.165) is 51.4 Å². The first-order chi connectivity index (χ1) is 25.9. The Kier molecular flexibility index (Phi) is 33.3. The van der Waals surface area contributed by atoms with Crippen LogP contribution in [0.2, 0.25) is 0 Å². The van der Waals surface area contributed by atoms with E-state index in [2.05, 4.69) is 42.7 Å². The third-order valence-corrected chi connectivity index (χ3v) is 9.90. The number of hydrogen-bond acceptors (Lipinski definition) is 10. The number of carboxylic acids is 1. The number of carbonyl (C=O) groups is 3. The highest BCUT2D eigenvalue weighted by molar-refractivity contribution is 8.00. The maximum Gasteiger partial charge on any atom is 0.469 e. The van der Waals surface area contributed by atoms with Gasteiger partial charge in [0.2, 0.25) is 0 Å². The normalized spacial score (nSPS) is 14.8. The van der Waals surface area contributed by atoms with E-state index in [1.165, 1.54) is 43.9 Å². The molecule has 0 heterocycles. The van der Waals surface area contributed by atoms with Crippen molar-refractivity contribution in [3.8, 4) is 0 Å². The van der Waals surface area contributed by atoms with E-state index in [1.807, 2.05) is 24.3 Å². The minimum absolute atomic E-state index is 0.0383. The molecule has 54 heavy (non-hydrogen) atoms.